The summed E-state index contributed by atoms with van der Waals surface area (Å²) in [4.78, 5) is 0.429. The van der Waals surface area contributed by atoms with Crippen LogP contribution in [0.4, 0.5) is 0 Å². The Morgan fingerprint density at radius 1 is 1.27 bits per heavy atom. The molecule has 1 heteroatoms. The van der Waals surface area contributed by atoms with Crippen LogP contribution in [0.2, 0.25) is 0 Å². The third-order valence-electron chi connectivity index (χ3n) is 2.08. The van der Waals surface area contributed by atoms with E-state index in [0.717, 1.165) is 0 Å². The maximum absolute atomic E-state index is 3.60. The van der Waals surface area contributed by atoms with E-state index < -0.39 is 0 Å². The summed E-state index contributed by atoms with van der Waals surface area (Å²) in [6.45, 7) is 2.15. The van der Waals surface area contributed by atoms with Crippen LogP contribution in [-0.4, -0.2) is 0 Å². The summed E-state index contributed by atoms with van der Waals surface area (Å²) < 4.78 is 0. The second kappa shape index (κ2) is 2.49. The van der Waals surface area contributed by atoms with E-state index in [9.17, 15) is 0 Å². The molecule has 0 nitrogen and oxygen atoms in total. The van der Waals surface area contributed by atoms with E-state index in [1.807, 2.05) is 0 Å². The molecule has 2 rings (SSSR count). The van der Waals surface area contributed by atoms with Gasteiger partial charge >= 0.3 is 0 Å². The van der Waals surface area contributed by atoms with Crippen molar-refractivity contribution in [1.29, 1.82) is 0 Å². The van der Waals surface area contributed by atoms with Gasteiger partial charge in [-0.3, -0.25) is 0 Å². The molecule has 1 atom stereocenters. The Hall–Kier alpha value is -0.560. The van der Waals surface area contributed by atoms with Crippen molar-refractivity contribution in [2.24, 2.45) is 0 Å². The van der Waals surface area contributed by atoms with Gasteiger partial charge in [-0.2, -0.15) is 0 Å². The minimum absolute atomic E-state index is 0.429. The molecule has 0 saturated heterocycles. The van der Waals surface area contributed by atoms with E-state index in [0.29, 0.717) is 4.83 Å². The van der Waals surface area contributed by atoms with E-state index in [1.165, 1.54) is 16.7 Å². The maximum Gasteiger partial charge on any atom is 0.0587 e. The van der Waals surface area contributed by atoms with Gasteiger partial charge in [0.1, 0.15) is 0 Å². The number of alkyl halides is 1. The quantitative estimate of drug-likeness (QED) is 0.573. The second-order valence-electron chi connectivity index (χ2n) is 2.84. The van der Waals surface area contributed by atoms with Crippen LogP contribution in [0.15, 0.2) is 30.3 Å². The first-order valence-corrected chi connectivity index (χ1v) is 4.62. The Kier molecular flexibility index (Phi) is 1.61. The highest BCUT2D eigenvalue weighted by Gasteiger charge is 2.16. The number of halogens is 1. The zero-order valence-corrected chi connectivity index (χ0v) is 7.93. The van der Waals surface area contributed by atoms with Gasteiger partial charge in [-0.05, 0) is 23.6 Å². The number of benzene rings is 1. The average Bonchev–Trinajstić information content (AvgIpc) is 2.30. The first-order valence-electron chi connectivity index (χ1n) is 3.71. The van der Waals surface area contributed by atoms with Gasteiger partial charge in [0.15, 0.2) is 0 Å². The predicted molar refractivity (Wildman–Crippen MR) is 51.8 cm³/mol. The van der Waals surface area contributed by atoms with Crippen molar-refractivity contribution in [3.05, 3.63) is 41.5 Å². The van der Waals surface area contributed by atoms with Crippen LogP contribution in [0.1, 0.15) is 22.9 Å². The molecule has 56 valence electrons. The number of fused-ring (bicyclic) bond motifs is 1. The summed E-state index contributed by atoms with van der Waals surface area (Å²) in [6, 6.07) is 8.50. The van der Waals surface area contributed by atoms with Crippen molar-refractivity contribution in [3.63, 3.8) is 0 Å². The largest absolute Gasteiger partial charge is 0.0793 e. The van der Waals surface area contributed by atoms with Crippen LogP contribution >= 0.6 is 15.9 Å². The molecular formula is C10H9Br. The highest BCUT2D eigenvalue weighted by molar-refractivity contribution is 9.09. The molecule has 0 saturated carbocycles. The fourth-order valence-corrected chi connectivity index (χ4v) is 2.29. The van der Waals surface area contributed by atoms with Crippen LogP contribution < -0.4 is 0 Å². The molecule has 0 amide bonds. The van der Waals surface area contributed by atoms with Gasteiger partial charge in [0, 0.05) is 0 Å². The lowest BCUT2D eigenvalue weighted by Crippen LogP contribution is -1.82. The first kappa shape index (κ1) is 7.11. The third kappa shape index (κ3) is 1.04. The molecule has 0 bridgehead atoms. The van der Waals surface area contributed by atoms with Gasteiger partial charge < -0.3 is 0 Å². The second-order valence-corrected chi connectivity index (χ2v) is 3.83. The SMILES string of the molecule is CC1=C[C@@H](Br)c2ccccc21. The molecule has 0 aliphatic heterocycles. The molecule has 0 aromatic heterocycles. The number of hydrogen-bond acceptors (Lipinski definition) is 0. The van der Waals surface area contributed by atoms with E-state index in [-0.39, 0.29) is 0 Å². The number of rotatable bonds is 0. The summed E-state index contributed by atoms with van der Waals surface area (Å²) in [5.74, 6) is 0. The zero-order chi connectivity index (χ0) is 7.84. The average molecular weight is 209 g/mol. The van der Waals surface area contributed by atoms with Crippen molar-refractivity contribution in [1.82, 2.24) is 0 Å². The fourth-order valence-electron chi connectivity index (χ4n) is 1.50. The van der Waals surface area contributed by atoms with Gasteiger partial charge in [-0.25, -0.2) is 0 Å². The van der Waals surface area contributed by atoms with Gasteiger partial charge in [-0.1, -0.05) is 46.3 Å². The first-order chi connectivity index (χ1) is 5.29. The molecule has 1 aromatic rings. The van der Waals surface area contributed by atoms with Crippen molar-refractivity contribution in [2.75, 3.05) is 0 Å². The Morgan fingerprint density at radius 3 is 2.73 bits per heavy atom. The van der Waals surface area contributed by atoms with Crippen LogP contribution in [0.3, 0.4) is 0 Å². The van der Waals surface area contributed by atoms with Crippen LogP contribution in [0, 0.1) is 0 Å². The van der Waals surface area contributed by atoms with Gasteiger partial charge in [0.05, 0.1) is 4.83 Å². The molecule has 0 heterocycles. The summed E-state index contributed by atoms with van der Waals surface area (Å²) in [5, 5.41) is 0. The molecule has 1 aromatic carbocycles. The molecule has 11 heavy (non-hydrogen) atoms. The van der Waals surface area contributed by atoms with Crippen LogP contribution in [0.25, 0.3) is 5.57 Å². The van der Waals surface area contributed by atoms with Gasteiger partial charge in [-0.15, -0.1) is 0 Å². The van der Waals surface area contributed by atoms with Crippen molar-refractivity contribution in [2.45, 2.75) is 11.8 Å². The Balaban J connectivity index is 2.62. The summed E-state index contributed by atoms with van der Waals surface area (Å²) in [5.41, 5.74) is 4.15. The summed E-state index contributed by atoms with van der Waals surface area (Å²) >= 11 is 3.60. The van der Waals surface area contributed by atoms with Crippen molar-refractivity contribution >= 4 is 21.5 Å². The monoisotopic (exact) mass is 208 g/mol. The van der Waals surface area contributed by atoms with Gasteiger partial charge in [0.2, 0.25) is 0 Å². The number of allylic oxidation sites excluding steroid dienone is 2. The Bertz CT molecular complexity index is 312. The maximum atomic E-state index is 3.60. The lowest BCUT2D eigenvalue weighted by atomic mass is 10.1. The molecule has 1 aliphatic carbocycles. The molecular weight excluding hydrogens is 200 g/mol. The topological polar surface area (TPSA) is 0 Å². The van der Waals surface area contributed by atoms with E-state index in [2.05, 4.69) is 53.2 Å². The zero-order valence-electron chi connectivity index (χ0n) is 6.34. The molecule has 0 unspecified atom stereocenters. The lowest BCUT2D eigenvalue weighted by molar-refractivity contribution is 1.29. The number of hydrogen-bond donors (Lipinski definition) is 0. The highest BCUT2D eigenvalue weighted by atomic mass is 79.9. The molecule has 0 N–H and O–H groups in total. The van der Waals surface area contributed by atoms with E-state index in [4.69, 9.17) is 0 Å². The standard InChI is InChI=1S/C10H9Br/c1-7-6-10(11)9-5-3-2-4-8(7)9/h2-6,10H,1H3/t10-/m1/s1. The highest BCUT2D eigenvalue weighted by Crippen LogP contribution is 2.38. The molecule has 1 aliphatic rings. The van der Waals surface area contributed by atoms with E-state index >= 15 is 0 Å². The molecule has 0 radical (unpaired) electrons. The normalized spacial score (nSPS) is 21.3. The summed E-state index contributed by atoms with van der Waals surface area (Å²) in [7, 11) is 0. The van der Waals surface area contributed by atoms with Gasteiger partial charge in [0.25, 0.3) is 0 Å². The Morgan fingerprint density at radius 2 is 2.00 bits per heavy atom. The third-order valence-corrected chi connectivity index (χ3v) is 2.84. The van der Waals surface area contributed by atoms with Crippen LogP contribution in [-0.2, 0) is 0 Å². The summed E-state index contributed by atoms with van der Waals surface area (Å²) in [6.07, 6.45) is 2.24. The van der Waals surface area contributed by atoms with Crippen LogP contribution in [0.5, 0.6) is 0 Å². The molecule has 0 spiro atoms. The van der Waals surface area contributed by atoms with Crippen molar-refractivity contribution < 1.29 is 0 Å². The Labute approximate surface area is 75.1 Å². The predicted octanol–water partition coefficient (Wildman–Crippen LogP) is 3.54. The fraction of sp³-hybridized carbons (Fsp3) is 0.200. The smallest absolute Gasteiger partial charge is 0.0587 e. The van der Waals surface area contributed by atoms with Crippen molar-refractivity contribution in [3.8, 4) is 0 Å². The van der Waals surface area contributed by atoms with E-state index in [1.54, 1.807) is 0 Å². The minimum atomic E-state index is 0.429. The minimum Gasteiger partial charge on any atom is -0.0793 e. The molecule has 0 fully saturated rings. The lowest BCUT2D eigenvalue weighted by Gasteiger charge is -2.01.